The van der Waals surface area contributed by atoms with Crippen LogP contribution in [-0.4, -0.2) is 32.9 Å². The molecule has 0 saturated carbocycles. The Bertz CT molecular complexity index is 1320. The number of anilines is 1. The van der Waals surface area contributed by atoms with Gasteiger partial charge in [0.1, 0.15) is 10.7 Å². The highest BCUT2D eigenvalue weighted by molar-refractivity contribution is 7.93. The van der Waals surface area contributed by atoms with Crippen LogP contribution in [0.15, 0.2) is 70.7 Å². The van der Waals surface area contributed by atoms with Gasteiger partial charge in [-0.3, -0.25) is 4.72 Å². The molecule has 1 heterocycles. The molecular weight excluding hydrogens is 469 g/mol. The maximum absolute atomic E-state index is 12.9. The largest absolute Gasteiger partial charge is 0.416 e. The normalized spacial score (nSPS) is 12.6. The van der Waals surface area contributed by atoms with Crippen LogP contribution in [0.25, 0.3) is 0 Å². The predicted octanol–water partition coefficient (Wildman–Crippen LogP) is 2.76. The minimum Gasteiger partial charge on any atom is -0.338 e. The molecule has 3 aromatic rings. The molecule has 0 amide bonds. The first-order valence-corrected chi connectivity index (χ1v) is 12.1. The summed E-state index contributed by atoms with van der Waals surface area (Å²) in [5, 5.41) is 0. The number of nitrogens with one attached hydrogen (secondary N) is 2. The maximum Gasteiger partial charge on any atom is 0.416 e. The number of aryl methyl sites for hydroxylation is 1. The number of halogens is 3. The van der Waals surface area contributed by atoms with E-state index < -0.39 is 36.7 Å². The molecule has 1 aromatic heterocycles. The topological polar surface area (TPSA) is 110 Å². The summed E-state index contributed by atoms with van der Waals surface area (Å²) in [5.41, 5.74) is -1.44. The van der Waals surface area contributed by atoms with Gasteiger partial charge in [0, 0.05) is 32.4 Å². The summed E-state index contributed by atoms with van der Waals surface area (Å²) < 4.78 is 95.8. The van der Waals surface area contributed by atoms with Crippen molar-refractivity contribution >= 4 is 25.7 Å². The molecule has 0 aliphatic carbocycles. The Labute approximate surface area is 183 Å². The van der Waals surface area contributed by atoms with Gasteiger partial charge in [0.15, 0.2) is 0 Å². The van der Waals surface area contributed by atoms with Gasteiger partial charge in [-0.05, 0) is 30.3 Å². The van der Waals surface area contributed by atoms with E-state index in [1.165, 1.54) is 24.3 Å². The molecule has 0 saturated heterocycles. The van der Waals surface area contributed by atoms with E-state index in [2.05, 4.69) is 14.4 Å². The van der Waals surface area contributed by atoms with E-state index in [4.69, 9.17) is 0 Å². The van der Waals surface area contributed by atoms with Crippen LogP contribution in [0.1, 0.15) is 11.4 Å². The number of imidazole rings is 1. The third-order valence-corrected chi connectivity index (χ3v) is 7.34. The standard InChI is InChI=1S/C19H19F3N4O4S2/c1-26-12-11-23-18(26)9-10-24-32(29,30)17-8-3-2-7-16(17)25-31(27,28)15-6-4-5-14(13-15)19(20,21)22/h2-8,11-13,24-25H,9-10H2,1H3. The lowest BCUT2D eigenvalue weighted by Gasteiger charge is -2.14. The molecule has 0 radical (unpaired) electrons. The molecule has 8 nitrogen and oxygen atoms in total. The van der Waals surface area contributed by atoms with E-state index in [9.17, 15) is 30.0 Å². The summed E-state index contributed by atoms with van der Waals surface area (Å²) in [6.07, 6.45) is -1.16. The predicted molar refractivity (Wildman–Crippen MR) is 111 cm³/mol. The Balaban J connectivity index is 1.84. The molecule has 0 aliphatic rings. The van der Waals surface area contributed by atoms with Crippen LogP contribution >= 0.6 is 0 Å². The summed E-state index contributed by atoms with van der Waals surface area (Å²) in [4.78, 5) is 3.07. The third-order valence-electron chi connectivity index (χ3n) is 4.45. The first-order valence-electron chi connectivity index (χ1n) is 9.15. The summed E-state index contributed by atoms with van der Waals surface area (Å²) in [5.74, 6) is 0.645. The number of rotatable bonds is 8. The van der Waals surface area contributed by atoms with Crippen molar-refractivity contribution in [3.8, 4) is 0 Å². The van der Waals surface area contributed by atoms with E-state index in [0.29, 0.717) is 18.3 Å². The fourth-order valence-electron chi connectivity index (χ4n) is 2.84. The van der Waals surface area contributed by atoms with Gasteiger partial charge in [0.05, 0.1) is 16.1 Å². The van der Waals surface area contributed by atoms with Gasteiger partial charge in [-0.1, -0.05) is 18.2 Å². The van der Waals surface area contributed by atoms with Crippen LogP contribution in [0.5, 0.6) is 0 Å². The summed E-state index contributed by atoms with van der Waals surface area (Å²) >= 11 is 0. The van der Waals surface area contributed by atoms with Crippen LogP contribution < -0.4 is 9.44 Å². The zero-order valence-electron chi connectivity index (χ0n) is 16.7. The highest BCUT2D eigenvalue weighted by Crippen LogP contribution is 2.31. The van der Waals surface area contributed by atoms with Crippen LogP contribution in [0, 0.1) is 0 Å². The van der Waals surface area contributed by atoms with Crippen molar-refractivity contribution in [3.63, 3.8) is 0 Å². The molecule has 32 heavy (non-hydrogen) atoms. The molecule has 0 aliphatic heterocycles. The Hall–Kier alpha value is -2.90. The fraction of sp³-hybridized carbons (Fsp3) is 0.211. The van der Waals surface area contributed by atoms with Gasteiger partial charge in [-0.25, -0.2) is 26.5 Å². The molecule has 2 N–H and O–H groups in total. The lowest BCUT2D eigenvalue weighted by Crippen LogP contribution is -2.28. The molecule has 0 fully saturated rings. The molecule has 172 valence electrons. The monoisotopic (exact) mass is 488 g/mol. The molecule has 2 aromatic carbocycles. The first kappa shape index (κ1) is 23.8. The maximum atomic E-state index is 12.9. The quantitative estimate of drug-likeness (QED) is 0.507. The van der Waals surface area contributed by atoms with Gasteiger partial charge < -0.3 is 4.57 Å². The number of nitrogens with zero attached hydrogens (tertiary/aromatic N) is 2. The molecule has 0 atom stereocenters. The van der Waals surface area contributed by atoms with E-state index in [1.807, 2.05) is 0 Å². The van der Waals surface area contributed by atoms with Crippen molar-refractivity contribution in [1.82, 2.24) is 14.3 Å². The summed E-state index contributed by atoms with van der Waals surface area (Å²) in [6.45, 7) is 0.00188. The molecule has 0 spiro atoms. The molecule has 3 rings (SSSR count). The van der Waals surface area contributed by atoms with Crippen molar-refractivity contribution in [2.45, 2.75) is 22.4 Å². The van der Waals surface area contributed by atoms with Crippen LogP contribution in [0.2, 0.25) is 0 Å². The van der Waals surface area contributed by atoms with Crippen molar-refractivity contribution in [2.75, 3.05) is 11.3 Å². The fourth-order valence-corrected chi connectivity index (χ4v) is 5.22. The van der Waals surface area contributed by atoms with Crippen molar-refractivity contribution in [3.05, 3.63) is 72.3 Å². The van der Waals surface area contributed by atoms with E-state index in [1.54, 1.807) is 24.0 Å². The van der Waals surface area contributed by atoms with Crippen LogP contribution in [0.3, 0.4) is 0 Å². The van der Waals surface area contributed by atoms with Crippen LogP contribution in [0.4, 0.5) is 18.9 Å². The van der Waals surface area contributed by atoms with Crippen molar-refractivity contribution < 1.29 is 30.0 Å². The average Bonchev–Trinajstić information content (AvgIpc) is 3.12. The van der Waals surface area contributed by atoms with Gasteiger partial charge in [0.2, 0.25) is 10.0 Å². The Morgan fingerprint density at radius 3 is 2.38 bits per heavy atom. The van der Waals surface area contributed by atoms with E-state index in [-0.39, 0.29) is 17.1 Å². The van der Waals surface area contributed by atoms with Crippen molar-refractivity contribution in [2.24, 2.45) is 7.05 Å². The molecule has 0 unspecified atom stereocenters. The molecule has 13 heteroatoms. The smallest absolute Gasteiger partial charge is 0.338 e. The number of hydrogen-bond acceptors (Lipinski definition) is 5. The minimum atomic E-state index is -4.73. The number of aromatic nitrogens is 2. The van der Waals surface area contributed by atoms with Crippen LogP contribution in [-0.2, 0) is 39.7 Å². The average molecular weight is 489 g/mol. The number of benzene rings is 2. The molecule has 0 bridgehead atoms. The second-order valence-electron chi connectivity index (χ2n) is 6.73. The van der Waals surface area contributed by atoms with Gasteiger partial charge in [-0.15, -0.1) is 0 Å². The lowest BCUT2D eigenvalue weighted by atomic mass is 10.2. The lowest BCUT2D eigenvalue weighted by molar-refractivity contribution is -0.137. The zero-order chi connectivity index (χ0) is 23.6. The van der Waals surface area contributed by atoms with Gasteiger partial charge in [0.25, 0.3) is 10.0 Å². The van der Waals surface area contributed by atoms with E-state index in [0.717, 1.165) is 18.2 Å². The zero-order valence-corrected chi connectivity index (χ0v) is 18.3. The summed E-state index contributed by atoms with van der Waals surface area (Å²) in [6, 6.07) is 8.35. The van der Waals surface area contributed by atoms with E-state index >= 15 is 0 Å². The minimum absolute atomic E-state index is 0.00188. The number of alkyl halides is 3. The summed E-state index contributed by atoms with van der Waals surface area (Å²) in [7, 11) is -6.87. The highest BCUT2D eigenvalue weighted by Gasteiger charge is 2.32. The SMILES string of the molecule is Cn1ccnc1CCNS(=O)(=O)c1ccccc1NS(=O)(=O)c1cccc(C(F)(F)F)c1. The Morgan fingerprint density at radius 2 is 1.72 bits per heavy atom. The first-order chi connectivity index (χ1) is 14.9. The number of sulfonamides is 2. The Kier molecular flexibility index (Phi) is 6.62. The van der Waals surface area contributed by atoms with Gasteiger partial charge in [-0.2, -0.15) is 13.2 Å². The third kappa shape index (κ3) is 5.47. The number of para-hydroxylation sites is 1. The second-order valence-corrected chi connectivity index (χ2v) is 10.1. The second kappa shape index (κ2) is 8.92. The van der Waals surface area contributed by atoms with Crippen molar-refractivity contribution in [1.29, 1.82) is 0 Å². The Morgan fingerprint density at radius 1 is 1.00 bits per heavy atom. The molecular formula is C19H19F3N4O4S2. The van der Waals surface area contributed by atoms with Gasteiger partial charge >= 0.3 is 6.18 Å². The number of hydrogen-bond donors (Lipinski definition) is 2. The highest BCUT2D eigenvalue weighted by atomic mass is 32.2.